The van der Waals surface area contributed by atoms with Crippen LogP contribution >= 0.6 is 34.9 Å². The molecule has 0 aliphatic rings. The van der Waals surface area contributed by atoms with Crippen molar-refractivity contribution in [1.82, 2.24) is 25.2 Å². The number of amides is 1. The Kier molecular flexibility index (Phi) is 8.17. The standard InChI is InChI=1S/C30H24N6OS3/c37-27(20-38-29-33-34-35-36(29)19-21-10-4-1-5-11-21)31-24-16-17-25-26(18-24)39-30(32-25)40-28(22-12-6-2-7-13-22)23-14-8-3-9-15-23/h1-18,28H,19-20H2,(H,31,37). The lowest BCUT2D eigenvalue weighted by atomic mass is 10.0. The van der Waals surface area contributed by atoms with Crippen LogP contribution in [0.25, 0.3) is 10.2 Å². The molecular weight excluding hydrogens is 557 g/mol. The summed E-state index contributed by atoms with van der Waals surface area (Å²) in [6.07, 6.45) is 0. The predicted octanol–water partition coefficient (Wildman–Crippen LogP) is 6.94. The van der Waals surface area contributed by atoms with E-state index in [9.17, 15) is 4.79 Å². The number of thioether (sulfide) groups is 2. The number of aromatic nitrogens is 5. The van der Waals surface area contributed by atoms with Crippen LogP contribution in [-0.2, 0) is 11.3 Å². The van der Waals surface area contributed by atoms with E-state index >= 15 is 0 Å². The van der Waals surface area contributed by atoms with Gasteiger partial charge in [0.2, 0.25) is 11.1 Å². The van der Waals surface area contributed by atoms with E-state index in [0.717, 1.165) is 25.8 Å². The molecule has 0 spiro atoms. The summed E-state index contributed by atoms with van der Waals surface area (Å²) in [4.78, 5) is 17.6. The number of nitrogens with one attached hydrogen (secondary N) is 1. The van der Waals surface area contributed by atoms with Crippen molar-refractivity contribution in [2.45, 2.75) is 21.3 Å². The number of hydrogen-bond acceptors (Lipinski definition) is 8. The second-order valence-electron chi connectivity index (χ2n) is 8.92. The first-order chi connectivity index (χ1) is 19.7. The van der Waals surface area contributed by atoms with Gasteiger partial charge in [0.05, 0.1) is 27.8 Å². The van der Waals surface area contributed by atoms with Crippen LogP contribution in [-0.4, -0.2) is 36.9 Å². The maximum Gasteiger partial charge on any atom is 0.234 e. The van der Waals surface area contributed by atoms with Crippen molar-refractivity contribution in [3.05, 3.63) is 126 Å². The number of anilines is 1. The zero-order valence-electron chi connectivity index (χ0n) is 21.3. The first-order valence-electron chi connectivity index (χ1n) is 12.6. The van der Waals surface area contributed by atoms with E-state index in [0.29, 0.717) is 11.7 Å². The van der Waals surface area contributed by atoms with Gasteiger partial charge in [-0.2, -0.15) is 0 Å². The van der Waals surface area contributed by atoms with Crippen molar-refractivity contribution in [2.75, 3.05) is 11.1 Å². The average Bonchev–Trinajstić information content (AvgIpc) is 3.62. The van der Waals surface area contributed by atoms with Crippen molar-refractivity contribution in [3.8, 4) is 0 Å². The molecule has 10 heteroatoms. The van der Waals surface area contributed by atoms with E-state index in [4.69, 9.17) is 4.98 Å². The van der Waals surface area contributed by atoms with E-state index in [2.05, 4.69) is 69.4 Å². The topological polar surface area (TPSA) is 85.6 Å². The summed E-state index contributed by atoms with van der Waals surface area (Å²) in [5.74, 6) is 0.0817. The number of rotatable bonds is 10. The van der Waals surface area contributed by atoms with Gasteiger partial charge < -0.3 is 5.32 Å². The molecule has 0 unspecified atom stereocenters. The largest absolute Gasteiger partial charge is 0.325 e. The van der Waals surface area contributed by atoms with Crippen molar-refractivity contribution in [3.63, 3.8) is 0 Å². The minimum atomic E-state index is -0.119. The highest BCUT2D eigenvalue weighted by Gasteiger charge is 2.18. The molecule has 0 fully saturated rings. The number of tetrazole rings is 1. The summed E-state index contributed by atoms with van der Waals surface area (Å²) < 4.78 is 3.71. The lowest BCUT2D eigenvalue weighted by molar-refractivity contribution is -0.113. The maximum absolute atomic E-state index is 12.8. The summed E-state index contributed by atoms with van der Waals surface area (Å²) in [6, 6.07) is 36.8. The highest BCUT2D eigenvalue weighted by Crippen LogP contribution is 2.43. The number of nitrogens with zero attached hydrogens (tertiary/aromatic N) is 5. The van der Waals surface area contributed by atoms with Gasteiger partial charge in [0.25, 0.3) is 0 Å². The molecule has 0 atom stereocenters. The van der Waals surface area contributed by atoms with Crippen LogP contribution in [0.2, 0.25) is 0 Å². The van der Waals surface area contributed by atoms with Crippen LogP contribution in [0.1, 0.15) is 21.9 Å². The van der Waals surface area contributed by atoms with Crippen molar-refractivity contribution < 1.29 is 4.79 Å². The Morgan fingerprint density at radius 3 is 2.25 bits per heavy atom. The monoisotopic (exact) mass is 580 g/mol. The average molecular weight is 581 g/mol. The second kappa shape index (κ2) is 12.5. The molecule has 4 aromatic carbocycles. The fourth-order valence-corrected chi connectivity index (χ4v) is 7.30. The number of benzene rings is 4. The Bertz CT molecular complexity index is 1670. The third-order valence-electron chi connectivity index (χ3n) is 6.08. The Morgan fingerprint density at radius 1 is 0.875 bits per heavy atom. The van der Waals surface area contributed by atoms with E-state index in [1.807, 2.05) is 60.7 Å². The van der Waals surface area contributed by atoms with Gasteiger partial charge in [-0.3, -0.25) is 4.79 Å². The van der Waals surface area contributed by atoms with Gasteiger partial charge in [-0.25, -0.2) is 9.67 Å². The number of thiazole rings is 1. The summed E-state index contributed by atoms with van der Waals surface area (Å²) >= 11 is 4.69. The molecule has 2 heterocycles. The Balaban J connectivity index is 1.12. The van der Waals surface area contributed by atoms with Gasteiger partial charge in [0.1, 0.15) is 0 Å². The molecule has 1 amide bonds. The predicted molar refractivity (Wildman–Crippen MR) is 163 cm³/mol. The molecule has 6 aromatic rings. The van der Waals surface area contributed by atoms with E-state index < -0.39 is 0 Å². The number of hydrogen-bond donors (Lipinski definition) is 1. The lowest BCUT2D eigenvalue weighted by Gasteiger charge is -2.16. The molecule has 0 saturated heterocycles. The van der Waals surface area contributed by atoms with Gasteiger partial charge in [0.15, 0.2) is 4.34 Å². The third-order valence-corrected chi connectivity index (χ3v) is 9.46. The number of fused-ring (bicyclic) bond motifs is 1. The molecule has 0 saturated carbocycles. The summed E-state index contributed by atoms with van der Waals surface area (Å²) in [7, 11) is 0. The molecule has 0 aliphatic carbocycles. The molecule has 6 rings (SSSR count). The highest BCUT2D eigenvalue weighted by molar-refractivity contribution is 8.01. The van der Waals surface area contributed by atoms with Gasteiger partial charge in [-0.1, -0.05) is 115 Å². The summed E-state index contributed by atoms with van der Waals surface area (Å²) in [5, 5.41) is 15.7. The smallest absolute Gasteiger partial charge is 0.234 e. The van der Waals surface area contributed by atoms with Crippen molar-refractivity contribution in [2.24, 2.45) is 0 Å². The molecule has 7 nitrogen and oxygen atoms in total. The Morgan fingerprint density at radius 2 is 1.55 bits per heavy atom. The van der Waals surface area contributed by atoms with Crippen LogP contribution in [0.3, 0.4) is 0 Å². The van der Waals surface area contributed by atoms with Crippen LogP contribution in [0, 0.1) is 0 Å². The Hall–Kier alpha value is -3.99. The lowest BCUT2D eigenvalue weighted by Crippen LogP contribution is -2.14. The minimum Gasteiger partial charge on any atom is -0.325 e. The van der Waals surface area contributed by atoms with Crippen LogP contribution in [0.5, 0.6) is 0 Å². The maximum atomic E-state index is 12.8. The molecule has 0 radical (unpaired) electrons. The fraction of sp³-hybridized carbons (Fsp3) is 0.100. The van der Waals surface area contributed by atoms with E-state index in [1.165, 1.54) is 22.9 Å². The van der Waals surface area contributed by atoms with Gasteiger partial charge in [0, 0.05) is 5.69 Å². The molecule has 2 aromatic heterocycles. The highest BCUT2D eigenvalue weighted by atomic mass is 32.2. The second-order valence-corrected chi connectivity index (χ2v) is 12.2. The van der Waals surface area contributed by atoms with E-state index in [-0.39, 0.29) is 16.9 Å². The van der Waals surface area contributed by atoms with Crippen LogP contribution in [0.15, 0.2) is 119 Å². The van der Waals surface area contributed by atoms with E-state index in [1.54, 1.807) is 27.8 Å². The molecular formula is C30H24N6OS3. The molecule has 0 bridgehead atoms. The minimum absolute atomic E-state index is 0.119. The SMILES string of the molecule is O=C(CSc1nnnn1Cc1ccccc1)Nc1ccc2nc(SC(c3ccccc3)c3ccccc3)sc2c1. The fourth-order valence-electron chi connectivity index (χ4n) is 4.20. The van der Waals surface area contributed by atoms with Gasteiger partial charge in [-0.05, 0) is 45.3 Å². The summed E-state index contributed by atoms with van der Waals surface area (Å²) in [6.45, 7) is 0.551. The molecule has 198 valence electrons. The van der Waals surface area contributed by atoms with Crippen molar-refractivity contribution >= 4 is 56.7 Å². The van der Waals surface area contributed by atoms with Crippen LogP contribution < -0.4 is 5.32 Å². The Labute approximate surface area is 244 Å². The normalized spacial score (nSPS) is 11.2. The number of carbonyl (C=O) groups excluding carboxylic acids is 1. The van der Waals surface area contributed by atoms with Gasteiger partial charge >= 0.3 is 0 Å². The number of carbonyl (C=O) groups is 1. The molecule has 1 N–H and O–H groups in total. The quantitative estimate of drug-likeness (QED) is 0.176. The first-order valence-corrected chi connectivity index (χ1v) is 15.3. The summed E-state index contributed by atoms with van der Waals surface area (Å²) in [5.41, 5.74) is 5.22. The zero-order chi connectivity index (χ0) is 27.1. The van der Waals surface area contributed by atoms with Crippen LogP contribution in [0.4, 0.5) is 5.69 Å². The van der Waals surface area contributed by atoms with Gasteiger partial charge in [-0.15, -0.1) is 16.4 Å². The molecule has 0 aliphatic heterocycles. The molecule has 40 heavy (non-hydrogen) atoms. The first kappa shape index (κ1) is 26.2. The van der Waals surface area contributed by atoms with Crippen molar-refractivity contribution in [1.29, 1.82) is 0 Å². The zero-order valence-corrected chi connectivity index (χ0v) is 23.7. The third kappa shape index (κ3) is 6.41.